The van der Waals surface area contributed by atoms with Gasteiger partial charge in [-0.15, -0.1) is 0 Å². The molecule has 1 N–H and O–H groups in total. The Morgan fingerprint density at radius 2 is 2.05 bits per heavy atom. The Kier molecular flexibility index (Phi) is 4.55. The van der Waals surface area contributed by atoms with Crippen molar-refractivity contribution in [3.63, 3.8) is 0 Å². The fourth-order valence-electron chi connectivity index (χ4n) is 3.49. The van der Waals surface area contributed by atoms with E-state index in [-0.39, 0.29) is 11.5 Å². The summed E-state index contributed by atoms with van der Waals surface area (Å²) in [5.41, 5.74) is 1.87. The molecule has 3 rings (SSSR count). The highest BCUT2D eigenvalue weighted by molar-refractivity contribution is 6.31. The van der Waals surface area contributed by atoms with Crippen molar-refractivity contribution >= 4 is 11.6 Å². The molecule has 21 heavy (non-hydrogen) atoms. The summed E-state index contributed by atoms with van der Waals surface area (Å²) < 4.78 is 11.5. The second-order valence-electron chi connectivity index (χ2n) is 6.35. The zero-order valence-corrected chi connectivity index (χ0v) is 13.2. The van der Waals surface area contributed by atoms with E-state index < -0.39 is 6.10 Å². The van der Waals surface area contributed by atoms with E-state index >= 15 is 0 Å². The first kappa shape index (κ1) is 15.3. The van der Waals surface area contributed by atoms with Crippen LogP contribution in [0.2, 0.25) is 5.02 Å². The Hall–Kier alpha value is -0.610. The molecule has 2 saturated heterocycles. The van der Waals surface area contributed by atoms with Gasteiger partial charge < -0.3 is 14.6 Å². The molecule has 2 unspecified atom stereocenters. The summed E-state index contributed by atoms with van der Waals surface area (Å²) in [6.45, 7) is 4.23. The highest BCUT2D eigenvalue weighted by atomic mass is 35.5. The number of hydrogen-bond acceptors (Lipinski definition) is 3. The van der Waals surface area contributed by atoms with Crippen LogP contribution in [-0.4, -0.2) is 30.5 Å². The van der Waals surface area contributed by atoms with Gasteiger partial charge in [0.2, 0.25) is 0 Å². The van der Waals surface area contributed by atoms with Crippen LogP contribution in [0.4, 0.5) is 0 Å². The molecular weight excluding hydrogens is 288 g/mol. The first-order chi connectivity index (χ1) is 10.1. The van der Waals surface area contributed by atoms with Crippen LogP contribution in [0, 0.1) is 12.8 Å². The molecule has 0 radical (unpaired) electrons. The number of rotatable bonds is 2. The van der Waals surface area contributed by atoms with Crippen LogP contribution in [0.5, 0.6) is 0 Å². The largest absolute Gasteiger partial charge is 0.388 e. The van der Waals surface area contributed by atoms with Gasteiger partial charge in [-0.2, -0.15) is 0 Å². The maximum Gasteiger partial charge on any atom is 0.0820 e. The third-order valence-corrected chi connectivity index (χ3v) is 5.33. The molecule has 0 aliphatic carbocycles. The average molecular weight is 311 g/mol. The fourth-order valence-corrected chi connectivity index (χ4v) is 3.68. The zero-order valence-electron chi connectivity index (χ0n) is 12.5. The number of hydrogen-bond donors (Lipinski definition) is 1. The third-order valence-electron chi connectivity index (χ3n) is 4.92. The van der Waals surface area contributed by atoms with Gasteiger partial charge in [0, 0.05) is 24.8 Å². The zero-order chi connectivity index (χ0) is 14.9. The highest BCUT2D eigenvalue weighted by Crippen LogP contribution is 2.42. The van der Waals surface area contributed by atoms with Gasteiger partial charge >= 0.3 is 0 Å². The molecule has 2 fully saturated rings. The lowest BCUT2D eigenvalue weighted by atomic mass is 9.77. The van der Waals surface area contributed by atoms with Crippen LogP contribution in [0.25, 0.3) is 0 Å². The maximum absolute atomic E-state index is 10.7. The molecule has 116 valence electrons. The Labute approximate surface area is 131 Å². The molecule has 2 aliphatic rings. The van der Waals surface area contributed by atoms with Crippen molar-refractivity contribution in [1.82, 2.24) is 0 Å². The topological polar surface area (TPSA) is 38.7 Å². The molecule has 0 aromatic heterocycles. The van der Waals surface area contributed by atoms with Crippen molar-refractivity contribution in [3.05, 3.63) is 34.3 Å². The normalized spacial score (nSPS) is 26.7. The van der Waals surface area contributed by atoms with Crippen LogP contribution in [-0.2, 0) is 9.47 Å². The van der Waals surface area contributed by atoms with Crippen molar-refractivity contribution in [2.45, 2.75) is 44.3 Å². The molecule has 2 atom stereocenters. The molecule has 3 nitrogen and oxygen atoms in total. The third kappa shape index (κ3) is 3.26. The number of aryl methyl sites for hydroxylation is 1. The summed E-state index contributed by atoms with van der Waals surface area (Å²) in [7, 11) is 0. The molecule has 4 heteroatoms. The minimum atomic E-state index is -0.466. The van der Waals surface area contributed by atoms with Crippen LogP contribution >= 0.6 is 11.6 Å². The van der Waals surface area contributed by atoms with E-state index in [2.05, 4.69) is 0 Å². The van der Waals surface area contributed by atoms with Crippen LogP contribution in [0.15, 0.2) is 18.2 Å². The molecular formula is C17H23ClO3. The number of benzene rings is 1. The standard InChI is InChI=1S/C17H23ClO3/c1-12-2-3-13(10-15(12)18)16(19)14-4-7-21-17(11-14)5-8-20-9-6-17/h2-3,10,14,16,19H,4-9,11H2,1H3. The van der Waals surface area contributed by atoms with E-state index in [0.29, 0.717) is 0 Å². The van der Waals surface area contributed by atoms with Crippen LogP contribution in [0.1, 0.15) is 42.9 Å². The molecule has 1 aromatic rings. The molecule has 0 saturated carbocycles. The SMILES string of the molecule is Cc1ccc(C(O)C2CCOC3(CCOCC3)C2)cc1Cl. The molecule has 1 spiro atoms. The van der Waals surface area contributed by atoms with Gasteiger partial charge in [-0.25, -0.2) is 0 Å². The minimum Gasteiger partial charge on any atom is -0.388 e. The van der Waals surface area contributed by atoms with E-state index in [1.165, 1.54) is 0 Å². The highest BCUT2D eigenvalue weighted by Gasteiger charge is 2.41. The van der Waals surface area contributed by atoms with Crippen molar-refractivity contribution in [3.8, 4) is 0 Å². The summed E-state index contributed by atoms with van der Waals surface area (Å²) in [6, 6.07) is 5.86. The van der Waals surface area contributed by atoms with Gasteiger partial charge in [-0.05, 0) is 55.7 Å². The van der Waals surface area contributed by atoms with Gasteiger partial charge in [-0.1, -0.05) is 23.7 Å². The summed E-state index contributed by atoms with van der Waals surface area (Å²) in [6.07, 6.45) is 3.21. The number of halogens is 1. The number of aliphatic hydroxyl groups excluding tert-OH is 1. The minimum absolute atomic E-state index is 0.0867. The van der Waals surface area contributed by atoms with E-state index in [0.717, 1.165) is 61.7 Å². The lowest BCUT2D eigenvalue weighted by Crippen LogP contribution is -2.45. The van der Waals surface area contributed by atoms with Crippen molar-refractivity contribution < 1.29 is 14.6 Å². The van der Waals surface area contributed by atoms with Gasteiger partial charge in [-0.3, -0.25) is 0 Å². The Balaban J connectivity index is 1.74. The van der Waals surface area contributed by atoms with E-state index in [1.807, 2.05) is 25.1 Å². The first-order valence-corrected chi connectivity index (χ1v) is 8.13. The van der Waals surface area contributed by atoms with E-state index in [1.54, 1.807) is 0 Å². The summed E-state index contributed by atoms with van der Waals surface area (Å²) in [5.74, 6) is 0.232. The van der Waals surface area contributed by atoms with Crippen molar-refractivity contribution in [2.24, 2.45) is 5.92 Å². The number of aliphatic hydroxyl groups is 1. The van der Waals surface area contributed by atoms with Crippen molar-refractivity contribution in [2.75, 3.05) is 19.8 Å². The van der Waals surface area contributed by atoms with E-state index in [4.69, 9.17) is 21.1 Å². The molecule has 2 heterocycles. The molecule has 2 aliphatic heterocycles. The predicted octanol–water partition coefficient (Wildman–Crippen LogP) is 3.66. The van der Waals surface area contributed by atoms with Crippen molar-refractivity contribution in [1.29, 1.82) is 0 Å². The van der Waals surface area contributed by atoms with Gasteiger partial charge in [0.05, 0.1) is 11.7 Å². The smallest absolute Gasteiger partial charge is 0.0820 e. The molecule has 0 bridgehead atoms. The fraction of sp³-hybridized carbons (Fsp3) is 0.647. The summed E-state index contributed by atoms with van der Waals surface area (Å²) in [4.78, 5) is 0. The van der Waals surface area contributed by atoms with E-state index in [9.17, 15) is 5.11 Å². The maximum atomic E-state index is 10.7. The Bertz CT molecular complexity index is 491. The summed E-state index contributed by atoms with van der Waals surface area (Å²) >= 11 is 6.19. The van der Waals surface area contributed by atoms with Gasteiger partial charge in [0.1, 0.15) is 0 Å². The van der Waals surface area contributed by atoms with Crippen LogP contribution in [0.3, 0.4) is 0 Å². The summed E-state index contributed by atoms with van der Waals surface area (Å²) in [5, 5.41) is 11.5. The quantitative estimate of drug-likeness (QED) is 0.906. The monoisotopic (exact) mass is 310 g/mol. The first-order valence-electron chi connectivity index (χ1n) is 7.75. The molecule has 0 amide bonds. The Morgan fingerprint density at radius 3 is 2.76 bits per heavy atom. The van der Waals surface area contributed by atoms with Gasteiger partial charge in [0.15, 0.2) is 0 Å². The van der Waals surface area contributed by atoms with Crippen LogP contribution < -0.4 is 0 Å². The van der Waals surface area contributed by atoms with Gasteiger partial charge in [0.25, 0.3) is 0 Å². The molecule has 1 aromatic carbocycles. The number of ether oxygens (including phenoxy) is 2. The second-order valence-corrected chi connectivity index (χ2v) is 6.76. The average Bonchev–Trinajstić information content (AvgIpc) is 2.50. The Morgan fingerprint density at radius 1 is 1.29 bits per heavy atom. The predicted molar refractivity (Wildman–Crippen MR) is 82.6 cm³/mol. The lowest BCUT2D eigenvalue weighted by Gasteiger charge is -2.44. The lowest BCUT2D eigenvalue weighted by molar-refractivity contribution is -0.159. The second kappa shape index (κ2) is 6.25.